The molecule has 0 rings (SSSR count). The summed E-state index contributed by atoms with van der Waals surface area (Å²) in [6.07, 6.45) is 3.83. The van der Waals surface area contributed by atoms with Crippen LogP contribution in [0.5, 0.6) is 0 Å². The van der Waals surface area contributed by atoms with Crippen LogP contribution in [-0.4, -0.2) is 18.5 Å². The van der Waals surface area contributed by atoms with Crippen LogP contribution < -0.4 is 34.7 Å². The molecule has 0 unspecified atom stereocenters. The molecule has 0 amide bonds. The first-order valence-corrected chi connectivity index (χ1v) is 4.87. The fraction of sp³-hybridized carbons (Fsp3) is 0.800. The summed E-state index contributed by atoms with van der Waals surface area (Å²) < 4.78 is 4.75. The van der Waals surface area contributed by atoms with Gasteiger partial charge in [-0.1, -0.05) is 19.8 Å². The summed E-state index contributed by atoms with van der Waals surface area (Å²) >= 11 is 0. The molecule has 0 aliphatic rings. The molecule has 15 heavy (non-hydrogen) atoms. The van der Waals surface area contributed by atoms with Gasteiger partial charge in [0.25, 0.3) is 0 Å². The average Bonchev–Trinajstić information content (AvgIpc) is 2.04. The molecule has 0 N–H and O–H groups in total. The van der Waals surface area contributed by atoms with Crippen molar-refractivity contribution in [2.75, 3.05) is 6.61 Å². The summed E-state index contributed by atoms with van der Waals surface area (Å²) in [5.74, 6) is -1.14. The average molecular weight is 226 g/mol. The van der Waals surface area contributed by atoms with Crippen LogP contribution in [0.25, 0.3) is 0 Å². The Bertz CT molecular complexity index is 156. The first-order valence-electron chi connectivity index (χ1n) is 4.87. The van der Waals surface area contributed by atoms with Gasteiger partial charge in [0.15, 0.2) is 0 Å². The van der Waals surface area contributed by atoms with E-state index in [0.29, 0.717) is 13.0 Å². The first kappa shape index (κ1) is 20.4. The second kappa shape index (κ2) is 16.4. The Kier molecular flexibility index (Phi) is 22.2. The van der Waals surface area contributed by atoms with Gasteiger partial charge in [0, 0.05) is 12.4 Å². The zero-order valence-electron chi connectivity index (χ0n) is 10.2. The fourth-order valence-electron chi connectivity index (χ4n) is 0.752. The van der Waals surface area contributed by atoms with Crippen molar-refractivity contribution in [3.05, 3.63) is 0 Å². The van der Waals surface area contributed by atoms with Crippen molar-refractivity contribution in [1.82, 2.24) is 0 Å². The minimum absolute atomic E-state index is 0. The minimum atomic E-state index is -1.08. The van der Waals surface area contributed by atoms with Crippen molar-refractivity contribution in [2.24, 2.45) is 0 Å². The second-order valence-electron chi connectivity index (χ2n) is 2.75. The van der Waals surface area contributed by atoms with Gasteiger partial charge in [-0.15, -0.1) is 0 Å². The monoisotopic (exact) mass is 226 g/mol. The maximum atomic E-state index is 10.7. The van der Waals surface area contributed by atoms with E-state index < -0.39 is 5.97 Å². The van der Waals surface area contributed by atoms with E-state index in [1.54, 1.807) is 0 Å². The van der Waals surface area contributed by atoms with Crippen LogP contribution in [0.2, 0.25) is 0 Å². The quantitative estimate of drug-likeness (QED) is 0.306. The summed E-state index contributed by atoms with van der Waals surface area (Å²) in [4.78, 5) is 19.6. The Balaban J connectivity index is -0.000000249. The molecule has 0 heterocycles. The molecule has 0 radical (unpaired) electrons. The summed E-state index contributed by atoms with van der Waals surface area (Å²) in [5.41, 5.74) is 0. The van der Waals surface area contributed by atoms with E-state index >= 15 is 0 Å². The molecule has 4 nitrogen and oxygen atoms in total. The van der Waals surface area contributed by atoms with E-state index in [1.807, 2.05) is 6.92 Å². The SMILES string of the molecule is CC(=O)[O-].CCCCCC(=O)OCC.[Na+]. The molecule has 0 aromatic carbocycles. The molecule has 0 saturated carbocycles. The van der Waals surface area contributed by atoms with Gasteiger partial charge in [-0.3, -0.25) is 4.79 Å². The molecule has 0 fully saturated rings. The van der Waals surface area contributed by atoms with Crippen LogP contribution in [0.15, 0.2) is 0 Å². The molecule has 5 heteroatoms. The van der Waals surface area contributed by atoms with E-state index in [0.717, 1.165) is 26.2 Å². The normalized spacial score (nSPS) is 7.93. The fourth-order valence-corrected chi connectivity index (χ4v) is 0.752. The Labute approximate surface area is 114 Å². The van der Waals surface area contributed by atoms with Crippen LogP contribution in [0.3, 0.4) is 0 Å². The Morgan fingerprint density at radius 3 is 2.00 bits per heavy atom. The van der Waals surface area contributed by atoms with Gasteiger partial charge in [-0.05, 0) is 20.3 Å². The first-order chi connectivity index (χ1) is 6.54. The van der Waals surface area contributed by atoms with Crippen molar-refractivity contribution in [2.45, 2.75) is 46.5 Å². The molecule has 0 spiro atoms. The zero-order chi connectivity index (χ0) is 11.4. The topological polar surface area (TPSA) is 66.4 Å². The largest absolute Gasteiger partial charge is 1.00 e. The number of hydrogen-bond acceptors (Lipinski definition) is 4. The molecule has 0 aliphatic carbocycles. The number of rotatable bonds is 5. The van der Waals surface area contributed by atoms with Crippen molar-refractivity contribution in [3.63, 3.8) is 0 Å². The minimum Gasteiger partial charge on any atom is -0.550 e. The second-order valence-corrected chi connectivity index (χ2v) is 2.75. The molecule has 0 atom stereocenters. The molecular formula is C10H19NaO4. The molecule has 0 saturated heterocycles. The van der Waals surface area contributed by atoms with Gasteiger partial charge in [0.1, 0.15) is 0 Å². The van der Waals surface area contributed by atoms with Crippen LogP contribution in [0, 0.1) is 0 Å². The standard InChI is InChI=1S/C8H16O2.C2H4O2.Na/c1-3-5-6-7-8(9)10-4-2;1-2(3)4;/h3-7H2,1-2H3;1H3,(H,3,4);/q;;+1/p-1. The maximum Gasteiger partial charge on any atom is 1.00 e. The van der Waals surface area contributed by atoms with Gasteiger partial charge < -0.3 is 14.6 Å². The summed E-state index contributed by atoms with van der Waals surface area (Å²) in [6, 6.07) is 0. The summed E-state index contributed by atoms with van der Waals surface area (Å²) in [6.45, 7) is 5.42. The Hall–Kier alpha value is -0.0600. The molecular weight excluding hydrogens is 207 g/mol. The van der Waals surface area contributed by atoms with Gasteiger partial charge in [-0.2, -0.15) is 0 Å². The third-order valence-electron chi connectivity index (χ3n) is 1.29. The van der Waals surface area contributed by atoms with E-state index in [1.165, 1.54) is 0 Å². The van der Waals surface area contributed by atoms with E-state index in [-0.39, 0.29) is 35.5 Å². The number of hydrogen-bond donors (Lipinski definition) is 0. The number of carboxylic acid groups (broad SMARTS) is 1. The smallest absolute Gasteiger partial charge is 0.550 e. The van der Waals surface area contributed by atoms with Gasteiger partial charge in [0.05, 0.1) is 6.61 Å². The van der Waals surface area contributed by atoms with Gasteiger partial charge >= 0.3 is 35.5 Å². The molecule has 84 valence electrons. The summed E-state index contributed by atoms with van der Waals surface area (Å²) in [5, 5.41) is 8.89. The van der Waals surface area contributed by atoms with Crippen LogP contribution in [-0.2, 0) is 14.3 Å². The number of esters is 1. The zero-order valence-corrected chi connectivity index (χ0v) is 12.2. The van der Waals surface area contributed by atoms with Crippen LogP contribution >= 0.6 is 0 Å². The van der Waals surface area contributed by atoms with Gasteiger partial charge in [-0.25, -0.2) is 0 Å². The molecule has 0 aliphatic heterocycles. The number of unbranched alkanes of at least 4 members (excludes halogenated alkanes) is 2. The van der Waals surface area contributed by atoms with Crippen molar-refractivity contribution in [3.8, 4) is 0 Å². The van der Waals surface area contributed by atoms with Crippen LogP contribution in [0.4, 0.5) is 0 Å². The Morgan fingerprint density at radius 1 is 1.20 bits per heavy atom. The maximum absolute atomic E-state index is 10.7. The predicted octanol–water partition coefficient (Wildman–Crippen LogP) is -2.11. The molecule has 0 aromatic heterocycles. The van der Waals surface area contributed by atoms with Crippen molar-refractivity contribution in [1.29, 1.82) is 0 Å². The molecule has 0 bridgehead atoms. The number of ether oxygens (including phenoxy) is 1. The summed E-state index contributed by atoms with van der Waals surface area (Å²) in [7, 11) is 0. The molecule has 0 aromatic rings. The van der Waals surface area contributed by atoms with E-state index in [4.69, 9.17) is 14.6 Å². The third kappa shape index (κ3) is 31.5. The number of carboxylic acids is 1. The van der Waals surface area contributed by atoms with Gasteiger partial charge in [0.2, 0.25) is 0 Å². The van der Waals surface area contributed by atoms with E-state index in [9.17, 15) is 4.79 Å². The number of carbonyl (C=O) groups is 2. The number of aliphatic carboxylic acids is 1. The third-order valence-corrected chi connectivity index (χ3v) is 1.29. The number of carbonyl (C=O) groups excluding carboxylic acids is 2. The van der Waals surface area contributed by atoms with Crippen molar-refractivity contribution < 1.29 is 49.0 Å². The predicted molar refractivity (Wildman–Crippen MR) is 51.5 cm³/mol. The van der Waals surface area contributed by atoms with E-state index in [2.05, 4.69) is 6.92 Å². The van der Waals surface area contributed by atoms with Crippen LogP contribution in [0.1, 0.15) is 46.5 Å². The van der Waals surface area contributed by atoms with Crippen molar-refractivity contribution >= 4 is 11.9 Å². The Morgan fingerprint density at radius 2 is 1.67 bits per heavy atom.